The second kappa shape index (κ2) is 5.95. The van der Waals surface area contributed by atoms with Gasteiger partial charge in [-0.25, -0.2) is 4.98 Å². The number of hydrogen-bond acceptors (Lipinski definition) is 4. The summed E-state index contributed by atoms with van der Waals surface area (Å²) in [5.74, 6) is 1.28. The minimum absolute atomic E-state index is 0.0836. The number of rotatable bonds is 5. The number of nitrogens with zero attached hydrogens (tertiary/aromatic N) is 2. The van der Waals surface area contributed by atoms with Crippen LogP contribution in [0.2, 0.25) is 5.02 Å². The molecule has 0 aliphatic heterocycles. The van der Waals surface area contributed by atoms with Gasteiger partial charge in [0.25, 0.3) is 0 Å². The van der Waals surface area contributed by atoms with E-state index in [4.69, 9.17) is 11.6 Å². The molecular weight excluding hydrogens is 260 g/mol. The monoisotopic (exact) mass is 284 g/mol. The van der Waals surface area contributed by atoms with Crippen LogP contribution in [0.1, 0.15) is 48.0 Å². The molecule has 0 amide bonds. The Hall–Kier alpha value is -1.03. The van der Waals surface area contributed by atoms with Crippen molar-refractivity contribution in [1.82, 2.24) is 9.97 Å². The summed E-state index contributed by atoms with van der Waals surface area (Å²) in [6, 6.07) is 0. The molecule has 2 N–H and O–H groups in total. The fraction of sp³-hybridized carbons (Fsp3) is 0.714. The second-order valence-corrected chi connectivity index (χ2v) is 7.07. The van der Waals surface area contributed by atoms with Crippen molar-refractivity contribution in [3.63, 3.8) is 0 Å². The highest BCUT2D eigenvalue weighted by Gasteiger charge is 2.26. The van der Waals surface area contributed by atoms with Crippen molar-refractivity contribution in [1.29, 1.82) is 0 Å². The van der Waals surface area contributed by atoms with Gasteiger partial charge in [-0.15, -0.1) is 0 Å². The van der Waals surface area contributed by atoms with Crippen LogP contribution in [0, 0.1) is 5.41 Å². The Morgan fingerprint density at radius 2 is 1.84 bits per heavy atom. The molecule has 0 unspecified atom stereocenters. The lowest BCUT2D eigenvalue weighted by atomic mass is 9.82. The molecule has 0 atom stereocenters. The Balaban J connectivity index is 2.88. The normalized spacial score (nSPS) is 12.4. The first kappa shape index (κ1) is 16.0. The van der Waals surface area contributed by atoms with Gasteiger partial charge in [-0.05, 0) is 32.6 Å². The highest BCUT2D eigenvalue weighted by atomic mass is 35.5. The Labute approximate surface area is 121 Å². The molecule has 108 valence electrons. The standard InChI is InChI=1S/C14H25ClN4/c1-7-16-12-17-8-10(15)11(18-12)19-14(5,6)9-13(2,3)4/h8H,7,9H2,1-6H3,(H2,16,17,18,19). The zero-order chi connectivity index (χ0) is 14.7. The first-order valence-electron chi connectivity index (χ1n) is 6.67. The number of nitrogens with one attached hydrogen (secondary N) is 2. The maximum absolute atomic E-state index is 6.16. The van der Waals surface area contributed by atoms with Crippen LogP contribution in [0.3, 0.4) is 0 Å². The van der Waals surface area contributed by atoms with Crippen molar-refractivity contribution in [3.8, 4) is 0 Å². The Kier molecular flexibility index (Phi) is 5.02. The quantitative estimate of drug-likeness (QED) is 0.851. The molecule has 5 heteroatoms. The molecule has 1 heterocycles. The number of halogens is 1. The van der Waals surface area contributed by atoms with Gasteiger partial charge in [0.2, 0.25) is 5.95 Å². The Morgan fingerprint density at radius 3 is 2.37 bits per heavy atom. The van der Waals surface area contributed by atoms with E-state index in [0.717, 1.165) is 13.0 Å². The maximum Gasteiger partial charge on any atom is 0.224 e. The SMILES string of the molecule is CCNc1ncc(Cl)c(NC(C)(C)CC(C)(C)C)n1. The van der Waals surface area contributed by atoms with Crippen LogP contribution in [-0.4, -0.2) is 22.1 Å². The second-order valence-electron chi connectivity index (χ2n) is 6.67. The lowest BCUT2D eigenvalue weighted by molar-refractivity contribution is 0.302. The molecule has 0 fully saturated rings. The number of aromatic nitrogens is 2. The van der Waals surface area contributed by atoms with Gasteiger partial charge in [-0.2, -0.15) is 4.98 Å². The smallest absolute Gasteiger partial charge is 0.224 e. The summed E-state index contributed by atoms with van der Waals surface area (Å²) in [6.45, 7) is 13.8. The lowest BCUT2D eigenvalue weighted by Gasteiger charge is -2.34. The van der Waals surface area contributed by atoms with E-state index < -0.39 is 0 Å². The van der Waals surface area contributed by atoms with Crippen molar-refractivity contribution >= 4 is 23.4 Å². The van der Waals surface area contributed by atoms with Crippen LogP contribution in [0.4, 0.5) is 11.8 Å². The third kappa shape index (κ3) is 5.64. The lowest BCUT2D eigenvalue weighted by Crippen LogP contribution is -2.36. The number of anilines is 2. The molecule has 0 saturated carbocycles. The summed E-state index contributed by atoms with van der Waals surface area (Å²) in [4.78, 5) is 8.55. The molecule has 1 aromatic heterocycles. The predicted octanol–water partition coefficient (Wildman–Crippen LogP) is 4.19. The summed E-state index contributed by atoms with van der Waals surface area (Å²) >= 11 is 6.16. The Morgan fingerprint density at radius 1 is 1.21 bits per heavy atom. The van der Waals surface area contributed by atoms with E-state index in [0.29, 0.717) is 16.8 Å². The molecule has 4 nitrogen and oxygen atoms in total. The molecule has 0 spiro atoms. The zero-order valence-corrected chi connectivity index (χ0v) is 13.5. The molecule has 0 aliphatic rings. The minimum atomic E-state index is -0.0836. The highest BCUT2D eigenvalue weighted by molar-refractivity contribution is 6.32. The summed E-state index contributed by atoms with van der Waals surface area (Å²) < 4.78 is 0. The van der Waals surface area contributed by atoms with E-state index in [-0.39, 0.29) is 11.0 Å². The van der Waals surface area contributed by atoms with Crippen molar-refractivity contribution in [2.45, 2.75) is 53.5 Å². The summed E-state index contributed by atoms with van der Waals surface area (Å²) in [6.07, 6.45) is 2.64. The van der Waals surface area contributed by atoms with Gasteiger partial charge in [0.1, 0.15) is 5.02 Å². The van der Waals surface area contributed by atoms with E-state index in [1.807, 2.05) is 6.92 Å². The average Bonchev–Trinajstić information content (AvgIpc) is 2.19. The van der Waals surface area contributed by atoms with Crippen molar-refractivity contribution < 1.29 is 0 Å². The first-order valence-corrected chi connectivity index (χ1v) is 7.05. The van der Waals surface area contributed by atoms with Crippen LogP contribution in [0.15, 0.2) is 6.20 Å². The topological polar surface area (TPSA) is 49.8 Å². The first-order chi connectivity index (χ1) is 8.63. The van der Waals surface area contributed by atoms with E-state index in [1.165, 1.54) is 0 Å². The van der Waals surface area contributed by atoms with Gasteiger partial charge in [0.15, 0.2) is 5.82 Å². The minimum Gasteiger partial charge on any atom is -0.364 e. The van der Waals surface area contributed by atoms with Gasteiger partial charge in [-0.3, -0.25) is 0 Å². The van der Waals surface area contributed by atoms with Crippen LogP contribution in [-0.2, 0) is 0 Å². The fourth-order valence-electron chi connectivity index (χ4n) is 2.39. The highest BCUT2D eigenvalue weighted by Crippen LogP contribution is 2.31. The van der Waals surface area contributed by atoms with Gasteiger partial charge in [0.05, 0.1) is 6.20 Å². The van der Waals surface area contributed by atoms with Crippen molar-refractivity contribution in [2.75, 3.05) is 17.2 Å². The van der Waals surface area contributed by atoms with E-state index >= 15 is 0 Å². The van der Waals surface area contributed by atoms with Crippen LogP contribution in [0.25, 0.3) is 0 Å². The molecule has 19 heavy (non-hydrogen) atoms. The molecule has 0 aromatic carbocycles. The third-order valence-corrected chi connectivity index (χ3v) is 2.78. The van der Waals surface area contributed by atoms with E-state index in [2.05, 4.69) is 55.2 Å². The fourth-order valence-corrected chi connectivity index (χ4v) is 2.53. The van der Waals surface area contributed by atoms with Crippen molar-refractivity contribution in [2.24, 2.45) is 5.41 Å². The molecule has 1 aromatic rings. The summed E-state index contributed by atoms with van der Waals surface area (Å²) in [7, 11) is 0. The van der Waals surface area contributed by atoms with E-state index in [1.54, 1.807) is 6.20 Å². The molecule has 0 radical (unpaired) electrons. The average molecular weight is 285 g/mol. The van der Waals surface area contributed by atoms with Crippen LogP contribution >= 0.6 is 11.6 Å². The summed E-state index contributed by atoms with van der Waals surface area (Å²) in [5, 5.41) is 7.05. The largest absolute Gasteiger partial charge is 0.364 e. The molecule has 0 saturated heterocycles. The zero-order valence-electron chi connectivity index (χ0n) is 12.8. The maximum atomic E-state index is 6.16. The molecule has 0 aliphatic carbocycles. The third-order valence-electron chi connectivity index (χ3n) is 2.51. The Bertz CT molecular complexity index is 424. The van der Waals surface area contributed by atoms with Gasteiger partial charge < -0.3 is 10.6 Å². The van der Waals surface area contributed by atoms with Gasteiger partial charge >= 0.3 is 0 Å². The van der Waals surface area contributed by atoms with Crippen molar-refractivity contribution in [3.05, 3.63) is 11.2 Å². The number of hydrogen-bond donors (Lipinski definition) is 2. The van der Waals surface area contributed by atoms with Crippen LogP contribution in [0.5, 0.6) is 0 Å². The van der Waals surface area contributed by atoms with Gasteiger partial charge in [0, 0.05) is 12.1 Å². The molecule has 0 bridgehead atoms. The van der Waals surface area contributed by atoms with E-state index in [9.17, 15) is 0 Å². The summed E-state index contributed by atoms with van der Waals surface area (Å²) in [5.41, 5.74) is 0.153. The molecule has 1 rings (SSSR count). The van der Waals surface area contributed by atoms with Crippen LogP contribution < -0.4 is 10.6 Å². The van der Waals surface area contributed by atoms with Gasteiger partial charge in [-0.1, -0.05) is 32.4 Å². The molecular formula is C14H25ClN4. The predicted molar refractivity (Wildman–Crippen MR) is 83.0 cm³/mol.